The Kier molecular flexibility index (Phi) is 5.77. The van der Waals surface area contributed by atoms with Gasteiger partial charge in [-0.3, -0.25) is 4.79 Å². The van der Waals surface area contributed by atoms with E-state index in [4.69, 9.17) is 9.84 Å². The van der Waals surface area contributed by atoms with Crippen molar-refractivity contribution in [3.05, 3.63) is 5.82 Å². The predicted octanol–water partition coefficient (Wildman–Crippen LogP) is 0.371. The first-order valence-electron chi connectivity index (χ1n) is 5.80. The van der Waals surface area contributed by atoms with Crippen LogP contribution in [0.25, 0.3) is 0 Å². The number of carbonyl (C=O) groups is 1. The lowest BCUT2D eigenvalue weighted by Crippen LogP contribution is -2.28. The Morgan fingerprint density at radius 1 is 1.47 bits per heavy atom. The summed E-state index contributed by atoms with van der Waals surface area (Å²) in [5, 5.41) is 26.7. The minimum atomic E-state index is -0.908. The van der Waals surface area contributed by atoms with Crippen LogP contribution in [0.3, 0.4) is 0 Å². The Labute approximate surface area is 116 Å². The molecular formula is C11H19N3O4S. The van der Waals surface area contributed by atoms with Crippen LogP contribution >= 0.6 is 11.8 Å². The Morgan fingerprint density at radius 2 is 2.16 bits per heavy atom. The Balaban J connectivity index is 3.00. The van der Waals surface area contributed by atoms with Crippen LogP contribution in [0.15, 0.2) is 5.16 Å². The molecule has 0 bridgehead atoms. The summed E-state index contributed by atoms with van der Waals surface area (Å²) in [6.45, 7) is 4.62. The maximum Gasteiger partial charge on any atom is 0.313 e. The molecule has 0 amide bonds. The number of carboxylic acid groups (broad SMARTS) is 1. The molecule has 7 nitrogen and oxygen atoms in total. The van der Waals surface area contributed by atoms with E-state index in [1.807, 2.05) is 13.8 Å². The molecule has 19 heavy (non-hydrogen) atoms. The van der Waals surface area contributed by atoms with Gasteiger partial charge >= 0.3 is 5.97 Å². The van der Waals surface area contributed by atoms with Gasteiger partial charge in [0.1, 0.15) is 5.82 Å². The molecule has 0 fully saturated rings. The van der Waals surface area contributed by atoms with Gasteiger partial charge in [-0.25, -0.2) is 0 Å². The molecule has 0 saturated heterocycles. The molecular weight excluding hydrogens is 270 g/mol. The number of aliphatic carboxylic acids is 1. The quantitative estimate of drug-likeness (QED) is 0.667. The van der Waals surface area contributed by atoms with E-state index in [1.54, 1.807) is 11.7 Å². The van der Waals surface area contributed by atoms with Crippen molar-refractivity contribution < 1.29 is 19.7 Å². The number of ether oxygens (including phenoxy) is 1. The SMILES string of the molecule is COCCn1c(SCC(=O)O)nnc1C(C)(C)CO. The Hall–Kier alpha value is -1.12. The summed E-state index contributed by atoms with van der Waals surface area (Å²) in [6.07, 6.45) is 0. The van der Waals surface area contributed by atoms with Crippen molar-refractivity contribution in [3.63, 3.8) is 0 Å². The van der Waals surface area contributed by atoms with E-state index in [0.717, 1.165) is 11.8 Å². The van der Waals surface area contributed by atoms with E-state index in [0.29, 0.717) is 24.1 Å². The number of hydrogen-bond acceptors (Lipinski definition) is 6. The summed E-state index contributed by atoms with van der Waals surface area (Å²) in [5.74, 6) is -0.362. The smallest absolute Gasteiger partial charge is 0.313 e. The van der Waals surface area contributed by atoms with Crippen LogP contribution < -0.4 is 0 Å². The molecule has 2 N–H and O–H groups in total. The topological polar surface area (TPSA) is 97.5 Å². The number of rotatable bonds is 8. The fraction of sp³-hybridized carbons (Fsp3) is 0.727. The molecule has 1 rings (SSSR count). The highest BCUT2D eigenvalue weighted by molar-refractivity contribution is 7.99. The van der Waals surface area contributed by atoms with Gasteiger partial charge in [0.25, 0.3) is 0 Å². The van der Waals surface area contributed by atoms with Gasteiger partial charge in [0.05, 0.1) is 19.0 Å². The Bertz CT molecular complexity index is 434. The zero-order chi connectivity index (χ0) is 14.5. The third-order valence-corrected chi connectivity index (χ3v) is 3.51. The molecule has 0 spiro atoms. The van der Waals surface area contributed by atoms with Crippen molar-refractivity contribution in [3.8, 4) is 0 Å². The van der Waals surface area contributed by atoms with Crippen LogP contribution in [-0.2, 0) is 21.5 Å². The number of aliphatic hydroxyl groups excluding tert-OH is 1. The second kappa shape index (κ2) is 6.88. The lowest BCUT2D eigenvalue weighted by Gasteiger charge is -2.22. The molecule has 1 aromatic heterocycles. The van der Waals surface area contributed by atoms with E-state index >= 15 is 0 Å². The molecule has 0 aliphatic carbocycles. The monoisotopic (exact) mass is 289 g/mol. The van der Waals surface area contributed by atoms with E-state index in [1.165, 1.54) is 0 Å². The zero-order valence-electron chi connectivity index (χ0n) is 11.3. The van der Waals surface area contributed by atoms with Crippen molar-refractivity contribution in [1.29, 1.82) is 0 Å². The van der Waals surface area contributed by atoms with Crippen molar-refractivity contribution in [1.82, 2.24) is 14.8 Å². The average molecular weight is 289 g/mol. The lowest BCUT2D eigenvalue weighted by atomic mass is 9.94. The van der Waals surface area contributed by atoms with E-state index in [9.17, 15) is 9.90 Å². The molecule has 0 aromatic carbocycles. The Morgan fingerprint density at radius 3 is 2.68 bits per heavy atom. The first-order valence-corrected chi connectivity index (χ1v) is 6.79. The molecule has 0 radical (unpaired) electrons. The molecule has 1 aromatic rings. The number of methoxy groups -OCH3 is 1. The first-order chi connectivity index (χ1) is 8.92. The molecule has 0 aliphatic rings. The lowest BCUT2D eigenvalue weighted by molar-refractivity contribution is -0.133. The second-order valence-electron chi connectivity index (χ2n) is 4.68. The van der Waals surface area contributed by atoms with Crippen LogP contribution in [0.4, 0.5) is 0 Å². The molecule has 8 heteroatoms. The van der Waals surface area contributed by atoms with Gasteiger partial charge in [-0.1, -0.05) is 25.6 Å². The fourth-order valence-corrected chi connectivity index (χ4v) is 2.16. The molecule has 0 aliphatic heterocycles. The standard InChI is InChI=1S/C11H19N3O4S/c1-11(2,7-15)9-12-13-10(19-6-8(16)17)14(9)4-5-18-3/h15H,4-7H2,1-3H3,(H,16,17). The van der Waals surface area contributed by atoms with Gasteiger partial charge in [0.15, 0.2) is 5.16 Å². The fourth-order valence-electron chi connectivity index (χ4n) is 1.48. The average Bonchev–Trinajstić information content (AvgIpc) is 2.77. The molecule has 108 valence electrons. The highest BCUT2D eigenvalue weighted by atomic mass is 32.2. The van der Waals surface area contributed by atoms with Crippen molar-refractivity contribution in [2.45, 2.75) is 31.0 Å². The van der Waals surface area contributed by atoms with Gasteiger partial charge < -0.3 is 19.5 Å². The molecule has 1 heterocycles. The summed E-state index contributed by atoms with van der Waals surface area (Å²) in [6, 6.07) is 0. The minimum absolute atomic E-state index is 0.0677. The first kappa shape index (κ1) is 15.9. The number of thioether (sulfide) groups is 1. The highest BCUT2D eigenvalue weighted by Gasteiger charge is 2.28. The summed E-state index contributed by atoms with van der Waals surface area (Å²) in [4.78, 5) is 10.6. The largest absolute Gasteiger partial charge is 0.481 e. The summed E-state index contributed by atoms with van der Waals surface area (Å²) in [7, 11) is 1.59. The third-order valence-electron chi connectivity index (χ3n) is 2.56. The predicted molar refractivity (Wildman–Crippen MR) is 70.4 cm³/mol. The van der Waals surface area contributed by atoms with E-state index in [-0.39, 0.29) is 12.4 Å². The summed E-state index contributed by atoms with van der Waals surface area (Å²) in [5.41, 5.74) is -0.539. The van der Waals surface area contributed by atoms with E-state index in [2.05, 4.69) is 10.2 Å². The van der Waals surface area contributed by atoms with E-state index < -0.39 is 11.4 Å². The minimum Gasteiger partial charge on any atom is -0.481 e. The van der Waals surface area contributed by atoms with Gasteiger partial charge in [-0.2, -0.15) is 0 Å². The van der Waals surface area contributed by atoms with Gasteiger partial charge in [-0.15, -0.1) is 10.2 Å². The van der Waals surface area contributed by atoms with Gasteiger partial charge in [0, 0.05) is 19.1 Å². The van der Waals surface area contributed by atoms with Crippen LogP contribution in [0, 0.1) is 0 Å². The number of nitrogens with zero attached hydrogens (tertiary/aromatic N) is 3. The molecule has 0 unspecified atom stereocenters. The number of hydrogen-bond donors (Lipinski definition) is 2. The van der Waals surface area contributed by atoms with Gasteiger partial charge in [-0.05, 0) is 0 Å². The molecule has 0 saturated carbocycles. The van der Waals surface area contributed by atoms with Crippen molar-refractivity contribution in [2.75, 3.05) is 26.1 Å². The maximum atomic E-state index is 10.6. The number of aromatic nitrogens is 3. The molecule has 0 atom stereocenters. The highest BCUT2D eigenvalue weighted by Crippen LogP contribution is 2.25. The van der Waals surface area contributed by atoms with Crippen LogP contribution in [0.5, 0.6) is 0 Å². The van der Waals surface area contributed by atoms with Crippen LogP contribution in [-0.4, -0.2) is 57.0 Å². The zero-order valence-corrected chi connectivity index (χ0v) is 12.1. The van der Waals surface area contributed by atoms with Crippen molar-refractivity contribution in [2.24, 2.45) is 0 Å². The summed E-state index contributed by atoms with van der Waals surface area (Å²) < 4.78 is 6.83. The number of carboxylic acids is 1. The summed E-state index contributed by atoms with van der Waals surface area (Å²) >= 11 is 1.11. The van der Waals surface area contributed by atoms with Crippen molar-refractivity contribution >= 4 is 17.7 Å². The number of aliphatic hydroxyl groups is 1. The normalized spacial score (nSPS) is 11.8. The van der Waals surface area contributed by atoms with Crippen LogP contribution in [0.2, 0.25) is 0 Å². The van der Waals surface area contributed by atoms with Crippen LogP contribution in [0.1, 0.15) is 19.7 Å². The second-order valence-corrected chi connectivity index (χ2v) is 5.62. The third kappa shape index (κ3) is 4.19. The maximum absolute atomic E-state index is 10.6. The van der Waals surface area contributed by atoms with Gasteiger partial charge in [0.2, 0.25) is 0 Å².